The molecule has 2 aliphatic heterocycles. The van der Waals surface area contributed by atoms with Crippen molar-refractivity contribution < 1.29 is 14.6 Å². The predicted molar refractivity (Wildman–Crippen MR) is 82.8 cm³/mol. The second kappa shape index (κ2) is 4.19. The molecule has 5 rings (SSSR count). The van der Waals surface area contributed by atoms with Crippen LogP contribution in [0, 0.1) is 5.92 Å². The van der Waals surface area contributed by atoms with Crippen LogP contribution < -0.4 is 14.8 Å². The Balaban J connectivity index is 1.86. The summed E-state index contributed by atoms with van der Waals surface area (Å²) in [7, 11) is 1.64. The number of ether oxygens (including phenoxy) is 2. The fourth-order valence-corrected chi connectivity index (χ4v) is 5.43. The molecular formula is C17H18ClNO3. The summed E-state index contributed by atoms with van der Waals surface area (Å²) in [6.45, 7) is 0.940. The van der Waals surface area contributed by atoms with E-state index < -0.39 is 6.10 Å². The lowest BCUT2D eigenvalue weighted by Gasteiger charge is -2.53. The average Bonchev–Trinajstić information content (AvgIpc) is 2.84. The van der Waals surface area contributed by atoms with E-state index in [2.05, 4.69) is 11.4 Å². The average molecular weight is 320 g/mol. The van der Waals surface area contributed by atoms with E-state index in [4.69, 9.17) is 21.1 Å². The van der Waals surface area contributed by atoms with Crippen LogP contribution in [0.3, 0.4) is 0 Å². The summed E-state index contributed by atoms with van der Waals surface area (Å²) in [4.78, 5) is 0. The zero-order chi connectivity index (χ0) is 15.1. The number of aliphatic hydroxyl groups excluding tert-OH is 1. The highest BCUT2D eigenvalue weighted by molar-refractivity contribution is 6.31. The van der Waals surface area contributed by atoms with E-state index in [9.17, 15) is 5.11 Å². The number of piperidine rings is 1. The monoisotopic (exact) mass is 319 g/mol. The number of nitrogens with one attached hydrogen (secondary N) is 1. The van der Waals surface area contributed by atoms with Crippen LogP contribution in [0.2, 0.25) is 5.02 Å². The summed E-state index contributed by atoms with van der Waals surface area (Å²) >= 11 is 6.55. The largest absolute Gasteiger partial charge is 0.493 e. The lowest BCUT2D eigenvalue weighted by Crippen LogP contribution is -2.64. The first-order valence-corrected chi connectivity index (χ1v) is 8.21. The molecule has 1 aromatic rings. The third-order valence-electron chi connectivity index (χ3n) is 5.96. The Morgan fingerprint density at radius 1 is 1.45 bits per heavy atom. The molecule has 116 valence electrons. The zero-order valence-corrected chi connectivity index (χ0v) is 13.1. The quantitative estimate of drug-likeness (QED) is 0.775. The van der Waals surface area contributed by atoms with Crippen LogP contribution in [0.1, 0.15) is 17.5 Å². The van der Waals surface area contributed by atoms with E-state index in [0.29, 0.717) is 17.7 Å². The summed E-state index contributed by atoms with van der Waals surface area (Å²) < 4.78 is 11.8. The van der Waals surface area contributed by atoms with E-state index >= 15 is 0 Å². The van der Waals surface area contributed by atoms with Gasteiger partial charge in [-0.2, -0.15) is 0 Å². The Morgan fingerprint density at radius 2 is 2.32 bits per heavy atom. The molecule has 0 unspecified atom stereocenters. The van der Waals surface area contributed by atoms with E-state index in [-0.39, 0.29) is 11.5 Å². The molecule has 5 atom stereocenters. The maximum absolute atomic E-state index is 10.5. The lowest BCUT2D eigenvalue weighted by atomic mass is 9.53. The Hall–Kier alpha value is -1.23. The minimum absolute atomic E-state index is 0.175. The van der Waals surface area contributed by atoms with Crippen LogP contribution in [0.25, 0.3) is 0 Å². The number of methoxy groups -OCH3 is 1. The summed E-state index contributed by atoms with van der Waals surface area (Å²) in [5.74, 6) is 1.81. The van der Waals surface area contributed by atoms with Crippen molar-refractivity contribution in [2.45, 2.75) is 36.5 Å². The van der Waals surface area contributed by atoms with Crippen LogP contribution in [0.4, 0.5) is 0 Å². The van der Waals surface area contributed by atoms with Crippen molar-refractivity contribution in [1.29, 1.82) is 0 Å². The molecule has 0 saturated carbocycles. The summed E-state index contributed by atoms with van der Waals surface area (Å²) in [5, 5.41) is 14.9. The highest BCUT2D eigenvalue weighted by atomic mass is 35.5. The summed E-state index contributed by atoms with van der Waals surface area (Å²) in [6.07, 6.45) is 5.08. The molecule has 1 spiro atoms. The molecule has 5 heteroatoms. The first kappa shape index (κ1) is 13.2. The van der Waals surface area contributed by atoms with Crippen molar-refractivity contribution in [3.05, 3.63) is 34.4 Å². The van der Waals surface area contributed by atoms with Crippen LogP contribution in [-0.2, 0) is 11.8 Å². The van der Waals surface area contributed by atoms with Crippen molar-refractivity contribution >= 4 is 11.6 Å². The van der Waals surface area contributed by atoms with Gasteiger partial charge < -0.3 is 19.9 Å². The number of benzene rings is 1. The molecule has 22 heavy (non-hydrogen) atoms. The fraction of sp³-hybridized carbons (Fsp3) is 0.529. The summed E-state index contributed by atoms with van der Waals surface area (Å²) in [6, 6.07) is 2.20. The van der Waals surface area contributed by atoms with Gasteiger partial charge in [-0.3, -0.25) is 0 Å². The molecule has 1 aromatic carbocycles. The maximum atomic E-state index is 10.5. The second-order valence-electron chi connectivity index (χ2n) is 6.74. The third-order valence-corrected chi connectivity index (χ3v) is 6.30. The molecular weight excluding hydrogens is 302 g/mol. The standard InChI is InChI=1S/C17H18ClNO3/c1-21-13-7-10(18)8-6-11-9-2-3-12(20)16-17(9,4-5-19-11)14(8)15(13)22-16/h2-3,7,9,11-12,16,19-20H,4-6H2,1H3/t9-,11+,12-,16-,17-/m0/s1. The van der Waals surface area contributed by atoms with Crippen molar-refractivity contribution in [1.82, 2.24) is 5.32 Å². The first-order chi connectivity index (χ1) is 10.7. The molecule has 1 fully saturated rings. The Kier molecular flexibility index (Phi) is 2.52. The highest BCUT2D eigenvalue weighted by Gasteiger charge is 2.63. The van der Waals surface area contributed by atoms with Gasteiger partial charge in [-0.1, -0.05) is 23.8 Å². The number of hydrogen-bond donors (Lipinski definition) is 2. The topological polar surface area (TPSA) is 50.7 Å². The molecule has 4 aliphatic rings. The van der Waals surface area contributed by atoms with E-state index in [0.717, 1.165) is 35.7 Å². The lowest BCUT2D eigenvalue weighted by molar-refractivity contribution is -0.0177. The van der Waals surface area contributed by atoms with Crippen LogP contribution >= 0.6 is 11.6 Å². The Morgan fingerprint density at radius 3 is 3.14 bits per heavy atom. The maximum Gasteiger partial charge on any atom is 0.166 e. The van der Waals surface area contributed by atoms with Gasteiger partial charge in [0.2, 0.25) is 0 Å². The zero-order valence-electron chi connectivity index (χ0n) is 12.3. The van der Waals surface area contributed by atoms with Crippen LogP contribution in [0.5, 0.6) is 11.5 Å². The van der Waals surface area contributed by atoms with Gasteiger partial charge in [0.05, 0.1) is 7.11 Å². The molecule has 0 aromatic heterocycles. The molecule has 0 radical (unpaired) electrons. The number of hydrogen-bond acceptors (Lipinski definition) is 4. The molecule has 2 bridgehead atoms. The SMILES string of the molecule is COc1cc(Cl)c2c3c1O[C@H]1[C@@H](O)C=C[C@H]4[C@@H](C2)NCC[C@@]341. The number of aliphatic hydroxyl groups is 1. The highest BCUT2D eigenvalue weighted by Crippen LogP contribution is 2.62. The van der Waals surface area contributed by atoms with Gasteiger partial charge in [0.1, 0.15) is 12.2 Å². The number of halogens is 1. The van der Waals surface area contributed by atoms with Gasteiger partial charge in [-0.05, 0) is 24.9 Å². The molecule has 2 N–H and O–H groups in total. The second-order valence-corrected chi connectivity index (χ2v) is 7.15. The van der Waals surface area contributed by atoms with E-state index in [1.807, 2.05) is 12.1 Å². The fourth-order valence-electron chi connectivity index (χ4n) is 5.16. The molecule has 2 aliphatic carbocycles. The van der Waals surface area contributed by atoms with Gasteiger partial charge in [-0.15, -0.1) is 0 Å². The third kappa shape index (κ3) is 1.33. The Bertz CT molecular complexity index is 704. The molecule has 0 amide bonds. The predicted octanol–water partition coefficient (Wildman–Crippen LogP) is 1.81. The van der Waals surface area contributed by atoms with Gasteiger partial charge >= 0.3 is 0 Å². The molecule has 2 heterocycles. The minimum Gasteiger partial charge on any atom is -0.493 e. The van der Waals surface area contributed by atoms with Gasteiger partial charge in [-0.25, -0.2) is 0 Å². The van der Waals surface area contributed by atoms with E-state index in [1.54, 1.807) is 7.11 Å². The van der Waals surface area contributed by atoms with E-state index in [1.165, 1.54) is 5.56 Å². The number of rotatable bonds is 1. The molecule has 4 nitrogen and oxygen atoms in total. The van der Waals surface area contributed by atoms with Crippen molar-refractivity contribution in [2.24, 2.45) is 5.92 Å². The van der Waals surface area contributed by atoms with Crippen molar-refractivity contribution in [3.8, 4) is 11.5 Å². The van der Waals surface area contributed by atoms with Crippen molar-refractivity contribution in [3.63, 3.8) is 0 Å². The summed E-state index contributed by atoms with van der Waals surface area (Å²) in [5.41, 5.74) is 2.18. The van der Waals surface area contributed by atoms with Crippen LogP contribution in [-0.4, -0.2) is 37.0 Å². The minimum atomic E-state index is -0.586. The smallest absolute Gasteiger partial charge is 0.166 e. The van der Waals surface area contributed by atoms with Gasteiger partial charge in [0.15, 0.2) is 11.5 Å². The Labute approximate surface area is 134 Å². The van der Waals surface area contributed by atoms with Crippen LogP contribution in [0.15, 0.2) is 18.2 Å². The first-order valence-electron chi connectivity index (χ1n) is 7.83. The molecule has 1 saturated heterocycles. The van der Waals surface area contributed by atoms with Crippen molar-refractivity contribution in [2.75, 3.05) is 13.7 Å². The van der Waals surface area contributed by atoms with Gasteiger partial charge in [0.25, 0.3) is 0 Å². The normalized spacial score (nSPS) is 40.1. The van der Waals surface area contributed by atoms with Gasteiger partial charge in [0, 0.05) is 34.0 Å².